The lowest BCUT2D eigenvalue weighted by Crippen LogP contribution is -2.28. The topological polar surface area (TPSA) is 156 Å². The van der Waals surface area contributed by atoms with E-state index < -0.39 is 46.1 Å². The summed E-state index contributed by atoms with van der Waals surface area (Å²) in [6, 6.07) is 4.46. The van der Waals surface area contributed by atoms with Gasteiger partial charge in [0.25, 0.3) is 0 Å². The van der Waals surface area contributed by atoms with Crippen molar-refractivity contribution in [1.82, 2.24) is 0 Å². The predicted octanol–water partition coefficient (Wildman–Crippen LogP) is -0.440. The van der Waals surface area contributed by atoms with Gasteiger partial charge in [0.1, 0.15) is 11.1 Å². The molecule has 23 heavy (non-hydrogen) atoms. The van der Waals surface area contributed by atoms with E-state index in [0.29, 0.717) is 0 Å². The highest BCUT2D eigenvalue weighted by molar-refractivity contribution is 6.69. The maximum absolute atomic E-state index is 10.8. The zero-order valence-corrected chi connectivity index (χ0v) is 11.4. The number of aromatic hydroxyl groups is 4. The number of benzene rings is 2. The SMILES string of the molecule is O=C(O)c1ccc([B]c2ccc(C(=O)O)c(O)c2O)c(O)c1O. The molecule has 0 atom stereocenters. The molecule has 0 bridgehead atoms. The summed E-state index contributed by atoms with van der Waals surface area (Å²) in [7, 11) is 1.14. The molecule has 2 rings (SSSR count). The second-order valence-corrected chi connectivity index (χ2v) is 4.55. The number of carbonyl (C=O) groups is 2. The Morgan fingerprint density at radius 1 is 0.652 bits per heavy atom. The average molecular weight is 317 g/mol. The third kappa shape index (κ3) is 2.84. The van der Waals surface area contributed by atoms with Gasteiger partial charge in [-0.1, -0.05) is 12.1 Å². The third-order valence-corrected chi connectivity index (χ3v) is 3.14. The number of carboxylic acids is 2. The molecule has 0 unspecified atom stereocenters. The summed E-state index contributed by atoms with van der Waals surface area (Å²) in [5.41, 5.74) is -1.09. The van der Waals surface area contributed by atoms with Crippen molar-refractivity contribution in [3.8, 4) is 23.0 Å². The Morgan fingerprint density at radius 2 is 1.00 bits per heavy atom. The number of hydrogen-bond acceptors (Lipinski definition) is 6. The van der Waals surface area contributed by atoms with E-state index in [9.17, 15) is 30.0 Å². The van der Waals surface area contributed by atoms with E-state index in [1.54, 1.807) is 0 Å². The fourth-order valence-electron chi connectivity index (χ4n) is 1.94. The van der Waals surface area contributed by atoms with E-state index in [1.165, 1.54) is 12.1 Å². The number of phenols is 4. The molecule has 0 saturated carbocycles. The summed E-state index contributed by atoms with van der Waals surface area (Å²) in [6.07, 6.45) is 0. The Labute approximate surface area is 129 Å². The Kier molecular flexibility index (Phi) is 4.04. The summed E-state index contributed by atoms with van der Waals surface area (Å²) in [4.78, 5) is 21.7. The Hall–Kier alpha value is -3.36. The molecule has 1 radical (unpaired) electrons. The molecule has 0 aliphatic rings. The summed E-state index contributed by atoms with van der Waals surface area (Å²) in [5.74, 6) is -6.03. The van der Waals surface area contributed by atoms with Crippen LogP contribution in [0.4, 0.5) is 0 Å². The smallest absolute Gasteiger partial charge is 0.339 e. The molecule has 2 aromatic carbocycles. The third-order valence-electron chi connectivity index (χ3n) is 3.14. The van der Waals surface area contributed by atoms with Crippen molar-refractivity contribution in [3.63, 3.8) is 0 Å². The minimum Gasteiger partial charge on any atom is -0.505 e. The van der Waals surface area contributed by atoms with Gasteiger partial charge in [-0.3, -0.25) is 0 Å². The van der Waals surface area contributed by atoms with Crippen molar-refractivity contribution >= 4 is 30.1 Å². The van der Waals surface area contributed by atoms with E-state index in [4.69, 9.17) is 10.2 Å². The lowest BCUT2D eigenvalue weighted by Gasteiger charge is -2.10. The van der Waals surface area contributed by atoms with Crippen LogP contribution in [0.15, 0.2) is 24.3 Å². The largest absolute Gasteiger partial charge is 0.505 e. The van der Waals surface area contributed by atoms with Gasteiger partial charge in [0.2, 0.25) is 7.28 Å². The van der Waals surface area contributed by atoms with Crippen LogP contribution >= 0.6 is 0 Å². The molecule has 8 nitrogen and oxygen atoms in total. The molecule has 0 saturated heterocycles. The molecule has 0 aromatic heterocycles. The molecule has 117 valence electrons. The molecule has 0 heterocycles. The Bertz CT molecular complexity index is 747. The fourth-order valence-corrected chi connectivity index (χ4v) is 1.94. The van der Waals surface area contributed by atoms with Crippen molar-refractivity contribution < 1.29 is 40.2 Å². The number of hydrogen-bond donors (Lipinski definition) is 6. The Balaban J connectivity index is 2.45. The molecule has 0 amide bonds. The van der Waals surface area contributed by atoms with Gasteiger partial charge in [0.05, 0.1) is 0 Å². The standard InChI is InChI=1S/C14H10BO8/c16-9-5(13(20)21)1-3-7(11(9)18)15-8-4-2-6(14(22)23)10(17)12(8)19/h1-4,16-19H,(H,20,21)(H,22,23). The van der Waals surface area contributed by atoms with E-state index in [0.717, 1.165) is 19.4 Å². The first-order chi connectivity index (χ1) is 10.7. The highest BCUT2D eigenvalue weighted by Gasteiger charge is 2.21. The van der Waals surface area contributed by atoms with Crippen molar-refractivity contribution in [1.29, 1.82) is 0 Å². The molecule has 0 aliphatic carbocycles. The van der Waals surface area contributed by atoms with Crippen LogP contribution in [0, 0.1) is 0 Å². The summed E-state index contributed by atoms with van der Waals surface area (Å²) in [6.45, 7) is 0. The first-order valence-electron chi connectivity index (χ1n) is 6.15. The van der Waals surface area contributed by atoms with Gasteiger partial charge in [0.15, 0.2) is 23.0 Å². The fraction of sp³-hybridized carbons (Fsp3) is 0. The highest BCUT2D eigenvalue weighted by atomic mass is 16.4. The monoisotopic (exact) mass is 317 g/mol. The molecular weight excluding hydrogens is 307 g/mol. The van der Waals surface area contributed by atoms with Crippen molar-refractivity contribution in [2.45, 2.75) is 0 Å². The minimum absolute atomic E-state index is 0.0368. The van der Waals surface area contributed by atoms with Crippen LogP contribution < -0.4 is 10.9 Å². The quantitative estimate of drug-likeness (QED) is 0.327. The van der Waals surface area contributed by atoms with E-state index in [2.05, 4.69) is 0 Å². The normalized spacial score (nSPS) is 10.3. The van der Waals surface area contributed by atoms with Crippen molar-refractivity contribution in [2.24, 2.45) is 0 Å². The first kappa shape index (κ1) is 16.0. The second-order valence-electron chi connectivity index (χ2n) is 4.55. The van der Waals surface area contributed by atoms with Gasteiger partial charge in [0, 0.05) is 0 Å². The van der Waals surface area contributed by atoms with Gasteiger partial charge < -0.3 is 30.6 Å². The average Bonchev–Trinajstić information content (AvgIpc) is 2.48. The van der Waals surface area contributed by atoms with Crippen LogP contribution in [0.2, 0.25) is 0 Å². The van der Waals surface area contributed by atoms with E-state index in [-0.39, 0.29) is 10.9 Å². The van der Waals surface area contributed by atoms with Crippen LogP contribution in [0.25, 0.3) is 0 Å². The van der Waals surface area contributed by atoms with Gasteiger partial charge in [-0.2, -0.15) is 0 Å². The number of phenolic OH excluding ortho intramolecular Hbond substituents is 2. The van der Waals surface area contributed by atoms with Gasteiger partial charge in [-0.05, 0) is 23.1 Å². The minimum atomic E-state index is -1.43. The zero-order valence-electron chi connectivity index (χ0n) is 11.4. The Morgan fingerprint density at radius 3 is 1.30 bits per heavy atom. The van der Waals surface area contributed by atoms with E-state index in [1.807, 2.05) is 0 Å². The lowest BCUT2D eigenvalue weighted by molar-refractivity contribution is 0.0682. The lowest BCUT2D eigenvalue weighted by atomic mass is 9.62. The van der Waals surface area contributed by atoms with Crippen LogP contribution in [0.5, 0.6) is 23.0 Å². The first-order valence-corrected chi connectivity index (χ1v) is 6.15. The maximum Gasteiger partial charge on any atom is 0.339 e. The van der Waals surface area contributed by atoms with Gasteiger partial charge in [-0.15, -0.1) is 0 Å². The van der Waals surface area contributed by atoms with Crippen LogP contribution in [0.3, 0.4) is 0 Å². The highest BCUT2D eigenvalue weighted by Crippen LogP contribution is 2.28. The summed E-state index contributed by atoms with van der Waals surface area (Å²) >= 11 is 0. The molecule has 0 spiro atoms. The zero-order chi connectivity index (χ0) is 17.3. The number of aromatic carboxylic acids is 2. The maximum atomic E-state index is 10.8. The predicted molar refractivity (Wildman–Crippen MR) is 78.5 cm³/mol. The van der Waals surface area contributed by atoms with Crippen molar-refractivity contribution in [2.75, 3.05) is 0 Å². The van der Waals surface area contributed by atoms with Gasteiger partial charge >= 0.3 is 11.9 Å². The van der Waals surface area contributed by atoms with Crippen LogP contribution in [-0.2, 0) is 0 Å². The van der Waals surface area contributed by atoms with Crippen molar-refractivity contribution in [3.05, 3.63) is 35.4 Å². The molecule has 6 N–H and O–H groups in total. The second kappa shape index (κ2) is 5.80. The molecule has 9 heteroatoms. The summed E-state index contributed by atoms with van der Waals surface area (Å²) < 4.78 is 0. The summed E-state index contributed by atoms with van der Waals surface area (Å²) in [5, 5.41) is 56.5. The van der Waals surface area contributed by atoms with Crippen LogP contribution in [-0.4, -0.2) is 49.9 Å². The van der Waals surface area contributed by atoms with Gasteiger partial charge in [-0.25, -0.2) is 9.59 Å². The molecule has 2 aromatic rings. The number of rotatable bonds is 4. The van der Waals surface area contributed by atoms with Crippen LogP contribution in [0.1, 0.15) is 20.7 Å². The number of carboxylic acid groups (broad SMARTS) is 2. The molecule has 0 fully saturated rings. The van der Waals surface area contributed by atoms with E-state index >= 15 is 0 Å². The molecular formula is C14H10BO8. The molecule has 0 aliphatic heterocycles.